The third kappa shape index (κ3) is 5.48. The standard InChI is InChI=1S/C29H31ClN2O4S/c1-4-18-12-17(3)13-20(14-18)35-10-11-36-26-22(30)15-19(16-23(26)34-5-2)27-31-28(33)25-21-8-6-7-9-24(21)37-29(25)32-27/h12-16H,4-11H2,1-3H3,(H,31,32,33). The van der Waals surface area contributed by atoms with Crippen LogP contribution in [0, 0.1) is 6.92 Å². The van der Waals surface area contributed by atoms with Crippen LogP contribution in [0.25, 0.3) is 21.6 Å². The lowest BCUT2D eigenvalue weighted by atomic mass is 9.97. The molecule has 4 aromatic rings. The van der Waals surface area contributed by atoms with Gasteiger partial charge in [-0.3, -0.25) is 4.79 Å². The molecule has 5 rings (SSSR count). The van der Waals surface area contributed by atoms with E-state index in [4.69, 9.17) is 30.8 Å². The van der Waals surface area contributed by atoms with Crippen LogP contribution in [0.4, 0.5) is 0 Å². The van der Waals surface area contributed by atoms with Crippen molar-refractivity contribution < 1.29 is 14.2 Å². The molecule has 0 saturated carbocycles. The molecule has 8 heteroatoms. The average molecular weight is 539 g/mol. The molecular weight excluding hydrogens is 508 g/mol. The van der Waals surface area contributed by atoms with Gasteiger partial charge in [-0.2, -0.15) is 0 Å². The van der Waals surface area contributed by atoms with E-state index in [1.165, 1.54) is 21.6 Å². The van der Waals surface area contributed by atoms with E-state index in [9.17, 15) is 4.79 Å². The van der Waals surface area contributed by atoms with Crippen LogP contribution < -0.4 is 19.8 Å². The van der Waals surface area contributed by atoms with E-state index in [1.807, 2.05) is 19.1 Å². The van der Waals surface area contributed by atoms with Crippen molar-refractivity contribution in [2.45, 2.75) is 52.9 Å². The van der Waals surface area contributed by atoms with Crippen molar-refractivity contribution >= 4 is 33.2 Å². The Hall–Kier alpha value is -3.03. The van der Waals surface area contributed by atoms with Gasteiger partial charge in [-0.25, -0.2) is 4.98 Å². The number of halogens is 1. The molecule has 1 aliphatic rings. The zero-order valence-electron chi connectivity index (χ0n) is 21.4. The molecule has 6 nitrogen and oxygen atoms in total. The first kappa shape index (κ1) is 25.6. The van der Waals surface area contributed by atoms with E-state index >= 15 is 0 Å². The second kappa shape index (κ2) is 11.2. The van der Waals surface area contributed by atoms with E-state index in [0.717, 1.165) is 48.1 Å². The first-order valence-electron chi connectivity index (χ1n) is 12.8. The first-order chi connectivity index (χ1) is 18.0. The van der Waals surface area contributed by atoms with Crippen LogP contribution in [0.1, 0.15) is 48.3 Å². The minimum absolute atomic E-state index is 0.103. The lowest BCUT2D eigenvalue weighted by molar-refractivity contribution is 0.208. The Morgan fingerprint density at radius 1 is 1.03 bits per heavy atom. The number of aromatic nitrogens is 2. The van der Waals surface area contributed by atoms with Gasteiger partial charge >= 0.3 is 0 Å². The highest BCUT2D eigenvalue weighted by Gasteiger charge is 2.21. The van der Waals surface area contributed by atoms with Gasteiger partial charge in [-0.15, -0.1) is 11.3 Å². The zero-order valence-corrected chi connectivity index (χ0v) is 23.0. The summed E-state index contributed by atoms with van der Waals surface area (Å²) >= 11 is 8.28. The number of benzene rings is 2. The summed E-state index contributed by atoms with van der Waals surface area (Å²) in [7, 11) is 0. The van der Waals surface area contributed by atoms with Crippen molar-refractivity contribution in [3.05, 3.63) is 67.3 Å². The third-order valence-electron chi connectivity index (χ3n) is 6.53. The Labute approximate surface area is 225 Å². The summed E-state index contributed by atoms with van der Waals surface area (Å²) in [5, 5.41) is 1.12. The Balaban J connectivity index is 1.37. The van der Waals surface area contributed by atoms with Crippen LogP contribution >= 0.6 is 22.9 Å². The SMILES string of the molecule is CCOc1cc(-c2nc3sc4c(c3c(=O)[nH]2)CCCC4)cc(Cl)c1OCCOc1cc(C)cc(CC)c1. The molecule has 0 fully saturated rings. The number of nitrogens with one attached hydrogen (secondary N) is 1. The van der Waals surface area contributed by atoms with Crippen molar-refractivity contribution in [3.8, 4) is 28.6 Å². The number of ether oxygens (including phenoxy) is 3. The van der Waals surface area contributed by atoms with Gasteiger partial charge in [0.2, 0.25) is 0 Å². The van der Waals surface area contributed by atoms with Gasteiger partial charge in [0, 0.05) is 10.4 Å². The van der Waals surface area contributed by atoms with Crippen molar-refractivity contribution in [1.29, 1.82) is 0 Å². The molecule has 2 aromatic carbocycles. The molecule has 0 saturated heterocycles. The van der Waals surface area contributed by atoms with Gasteiger partial charge in [-0.1, -0.05) is 24.6 Å². The molecule has 0 spiro atoms. The molecule has 194 valence electrons. The number of hydrogen-bond donors (Lipinski definition) is 1. The van der Waals surface area contributed by atoms with Crippen molar-refractivity contribution in [2.75, 3.05) is 19.8 Å². The fourth-order valence-corrected chi connectivity index (χ4v) is 6.35. The predicted octanol–water partition coefficient (Wildman–Crippen LogP) is 6.91. The topological polar surface area (TPSA) is 73.4 Å². The van der Waals surface area contributed by atoms with Gasteiger partial charge in [0.25, 0.3) is 5.56 Å². The van der Waals surface area contributed by atoms with E-state index in [1.54, 1.807) is 17.4 Å². The van der Waals surface area contributed by atoms with Crippen LogP contribution in [0.5, 0.6) is 17.2 Å². The largest absolute Gasteiger partial charge is 0.490 e. The van der Waals surface area contributed by atoms with Crippen LogP contribution in [-0.2, 0) is 19.3 Å². The van der Waals surface area contributed by atoms with E-state index < -0.39 is 0 Å². The maximum absolute atomic E-state index is 13.0. The average Bonchev–Trinajstić information content (AvgIpc) is 3.26. The highest BCUT2D eigenvalue weighted by molar-refractivity contribution is 7.18. The van der Waals surface area contributed by atoms with Crippen molar-refractivity contribution in [3.63, 3.8) is 0 Å². The molecule has 0 bridgehead atoms. The maximum Gasteiger partial charge on any atom is 0.260 e. The van der Waals surface area contributed by atoms with Gasteiger partial charge in [-0.05, 0) is 86.9 Å². The van der Waals surface area contributed by atoms with Crippen LogP contribution in [0.3, 0.4) is 0 Å². The van der Waals surface area contributed by atoms with Gasteiger partial charge < -0.3 is 19.2 Å². The molecule has 0 aliphatic heterocycles. The highest BCUT2D eigenvalue weighted by Crippen LogP contribution is 2.40. The number of H-pyrrole nitrogens is 1. The summed E-state index contributed by atoms with van der Waals surface area (Å²) in [4.78, 5) is 22.9. The molecular formula is C29H31ClN2O4S. The van der Waals surface area contributed by atoms with Crippen LogP contribution in [0.15, 0.2) is 35.1 Å². The summed E-state index contributed by atoms with van der Waals surface area (Å²) in [6, 6.07) is 9.80. The van der Waals surface area contributed by atoms with Crippen LogP contribution in [-0.4, -0.2) is 29.8 Å². The van der Waals surface area contributed by atoms with Gasteiger partial charge in [0.1, 0.15) is 29.6 Å². The van der Waals surface area contributed by atoms with Gasteiger partial charge in [0.05, 0.1) is 17.0 Å². The summed E-state index contributed by atoms with van der Waals surface area (Å²) < 4.78 is 17.8. The second-order valence-electron chi connectivity index (χ2n) is 9.23. The Morgan fingerprint density at radius 2 is 1.84 bits per heavy atom. The third-order valence-corrected chi connectivity index (χ3v) is 7.99. The van der Waals surface area contributed by atoms with Crippen LogP contribution in [0.2, 0.25) is 5.02 Å². The molecule has 0 unspecified atom stereocenters. The molecule has 0 radical (unpaired) electrons. The molecule has 1 aliphatic carbocycles. The van der Waals surface area contributed by atoms with Crippen molar-refractivity contribution in [2.24, 2.45) is 0 Å². The number of rotatable bonds is 9. The second-order valence-corrected chi connectivity index (χ2v) is 10.7. The molecule has 2 aromatic heterocycles. The van der Waals surface area contributed by atoms with E-state index in [-0.39, 0.29) is 5.56 Å². The predicted molar refractivity (Wildman–Crippen MR) is 150 cm³/mol. The molecule has 37 heavy (non-hydrogen) atoms. The minimum Gasteiger partial charge on any atom is -0.490 e. The summed E-state index contributed by atoms with van der Waals surface area (Å²) in [6.45, 7) is 7.20. The van der Waals surface area contributed by atoms with E-state index in [0.29, 0.717) is 47.7 Å². The Morgan fingerprint density at radius 3 is 2.65 bits per heavy atom. The zero-order chi connectivity index (χ0) is 25.9. The van der Waals surface area contributed by atoms with Crippen molar-refractivity contribution in [1.82, 2.24) is 9.97 Å². The molecule has 0 atom stereocenters. The van der Waals surface area contributed by atoms with E-state index in [2.05, 4.69) is 31.0 Å². The number of fused-ring (bicyclic) bond motifs is 3. The molecule has 0 amide bonds. The number of aromatic amines is 1. The molecule has 1 N–H and O–H groups in total. The summed E-state index contributed by atoms with van der Waals surface area (Å²) in [6.07, 6.45) is 5.19. The maximum atomic E-state index is 13.0. The lowest BCUT2D eigenvalue weighted by Crippen LogP contribution is -2.12. The minimum atomic E-state index is -0.103. The van der Waals surface area contributed by atoms with Gasteiger partial charge in [0.15, 0.2) is 11.5 Å². The quantitative estimate of drug-likeness (QED) is 0.234. The normalized spacial score (nSPS) is 13.0. The number of aryl methyl sites for hydroxylation is 4. The Kier molecular flexibility index (Phi) is 7.72. The fourth-order valence-electron chi connectivity index (χ4n) is 4.82. The summed E-state index contributed by atoms with van der Waals surface area (Å²) in [5.74, 6) is 2.25. The smallest absolute Gasteiger partial charge is 0.260 e. The summed E-state index contributed by atoms with van der Waals surface area (Å²) in [5.41, 5.74) is 4.14. The Bertz CT molecular complexity index is 1490. The number of hydrogen-bond acceptors (Lipinski definition) is 6. The highest BCUT2D eigenvalue weighted by atomic mass is 35.5. The monoisotopic (exact) mass is 538 g/mol. The number of nitrogens with zero attached hydrogens (tertiary/aromatic N) is 1. The first-order valence-corrected chi connectivity index (χ1v) is 14.0. The lowest BCUT2D eigenvalue weighted by Gasteiger charge is -2.16. The number of thiophene rings is 1. The molecule has 2 heterocycles. The fraction of sp³-hybridized carbons (Fsp3) is 0.379.